The molecule has 1 fully saturated rings. The molecule has 0 aliphatic carbocycles. The van der Waals surface area contributed by atoms with Crippen molar-refractivity contribution < 1.29 is 26.6 Å². The Bertz CT molecular complexity index is 510. The molecule has 0 N–H and O–H groups in total. The van der Waals surface area contributed by atoms with Gasteiger partial charge in [0.1, 0.15) is 0 Å². The van der Waals surface area contributed by atoms with Gasteiger partial charge in [0.05, 0.1) is 35.5 Å². The first-order valence-corrected chi connectivity index (χ1v) is 18.9. The van der Waals surface area contributed by atoms with Crippen LogP contribution in [0.3, 0.4) is 0 Å². The van der Waals surface area contributed by atoms with Crippen LogP contribution in [-0.2, 0) is 26.6 Å². The van der Waals surface area contributed by atoms with Crippen LogP contribution >= 0.6 is 0 Å². The molecule has 0 spiro atoms. The highest BCUT2D eigenvalue weighted by Crippen LogP contribution is 2.49. The minimum absolute atomic E-state index is 0.0806. The van der Waals surface area contributed by atoms with E-state index in [0.29, 0.717) is 0 Å². The molecule has 33 heavy (non-hydrogen) atoms. The van der Waals surface area contributed by atoms with Gasteiger partial charge in [-0.3, -0.25) is 0 Å². The van der Waals surface area contributed by atoms with Gasteiger partial charge >= 0.3 is 25.7 Å². The normalized spacial score (nSPS) is 31.9. The minimum atomic E-state index is -2.93. The van der Waals surface area contributed by atoms with Crippen LogP contribution in [0.5, 0.6) is 0 Å². The van der Waals surface area contributed by atoms with Gasteiger partial charge in [0.15, 0.2) is 0 Å². The molecule has 198 valence electrons. The summed E-state index contributed by atoms with van der Waals surface area (Å²) in [5.41, 5.74) is 0.122. The van der Waals surface area contributed by atoms with Crippen molar-refractivity contribution in [2.24, 2.45) is 0 Å². The van der Waals surface area contributed by atoms with Gasteiger partial charge in [0.2, 0.25) is 0 Å². The van der Waals surface area contributed by atoms with Crippen LogP contribution in [0.2, 0.25) is 16.6 Å². The molecule has 1 aliphatic rings. The summed E-state index contributed by atoms with van der Waals surface area (Å²) in [7, 11) is -8.80. The van der Waals surface area contributed by atoms with Crippen LogP contribution in [0.15, 0.2) is 0 Å². The average Bonchev–Trinajstić information content (AvgIpc) is 2.64. The number of rotatable bonds is 12. The highest BCUT2D eigenvalue weighted by Gasteiger charge is 2.71. The van der Waals surface area contributed by atoms with Crippen LogP contribution in [0.25, 0.3) is 0 Å². The molecule has 1 aliphatic heterocycles. The zero-order valence-corrected chi connectivity index (χ0v) is 27.1. The van der Waals surface area contributed by atoms with E-state index >= 15 is 0 Å². The van der Waals surface area contributed by atoms with E-state index in [1.165, 1.54) is 0 Å². The van der Waals surface area contributed by atoms with E-state index in [0.717, 1.165) is 0 Å². The molecule has 0 bridgehead atoms. The van der Waals surface area contributed by atoms with Crippen molar-refractivity contribution >= 4 is 25.7 Å². The Morgan fingerprint density at radius 3 is 0.667 bits per heavy atom. The maximum absolute atomic E-state index is 7.33. The lowest BCUT2D eigenvalue weighted by molar-refractivity contribution is -0.0103. The van der Waals surface area contributed by atoms with E-state index < -0.39 is 25.7 Å². The summed E-state index contributed by atoms with van der Waals surface area (Å²) in [5, 5.41) is 0. The van der Waals surface area contributed by atoms with Crippen molar-refractivity contribution in [1.29, 1.82) is 0 Å². The van der Waals surface area contributed by atoms with Crippen molar-refractivity contribution in [3.05, 3.63) is 0 Å². The van der Waals surface area contributed by atoms with Crippen molar-refractivity contribution in [1.82, 2.24) is 0 Å². The maximum atomic E-state index is 7.33. The van der Waals surface area contributed by atoms with Crippen molar-refractivity contribution in [2.45, 2.75) is 156 Å². The average molecular weight is 523 g/mol. The van der Waals surface area contributed by atoms with E-state index in [9.17, 15) is 0 Å². The van der Waals surface area contributed by atoms with E-state index in [1.807, 2.05) is 0 Å². The van der Waals surface area contributed by atoms with Gasteiger partial charge in [0, 0.05) is 0 Å². The molecule has 3 unspecified atom stereocenters. The monoisotopic (exact) mass is 522 g/mol. The fourth-order valence-corrected chi connectivity index (χ4v) is 26.4. The summed E-state index contributed by atoms with van der Waals surface area (Å²) in [4.78, 5) is 0. The van der Waals surface area contributed by atoms with Crippen LogP contribution in [0, 0.1) is 0 Å². The SMILES string of the molecule is CC(C)OC(C)[Si]1(C(C)C)O[Si](C(C)C)(C(C)OC(C)C)O[Si](C(C)C)(C(C)OC(C)C)O1. The fraction of sp³-hybridized carbons (Fsp3) is 1.00. The predicted molar refractivity (Wildman–Crippen MR) is 143 cm³/mol. The molecular weight excluding hydrogens is 469 g/mol. The fourth-order valence-electron chi connectivity index (χ4n) is 4.93. The Morgan fingerprint density at radius 2 is 0.545 bits per heavy atom. The van der Waals surface area contributed by atoms with Gasteiger partial charge in [-0.25, -0.2) is 0 Å². The summed E-state index contributed by atoms with van der Waals surface area (Å²) < 4.78 is 41.3. The second-order valence-electron chi connectivity index (χ2n) is 11.4. The number of ether oxygens (including phenoxy) is 3. The van der Waals surface area contributed by atoms with Gasteiger partial charge in [-0.2, -0.15) is 0 Å². The van der Waals surface area contributed by atoms with Gasteiger partial charge in [-0.1, -0.05) is 41.5 Å². The van der Waals surface area contributed by atoms with E-state index in [2.05, 4.69) is 104 Å². The first-order chi connectivity index (χ1) is 15.0. The Labute approximate surface area is 208 Å². The molecule has 0 radical (unpaired) electrons. The quantitative estimate of drug-likeness (QED) is 0.267. The van der Waals surface area contributed by atoms with Crippen LogP contribution in [0.1, 0.15) is 104 Å². The smallest absolute Gasteiger partial charge is 0.353 e. The Balaban J connectivity index is 3.87. The lowest BCUT2D eigenvalue weighted by Crippen LogP contribution is -2.81. The largest absolute Gasteiger partial charge is 0.412 e. The standard InChI is InChI=1S/C24H54O6Si3/c1-16(2)25-22(13)31(19(7)8)28-32(20(9)10,23(14)26-17(3)4)30-33(29-31,21(11)12)24(15)27-18(5)6/h16-24H,1-15H3. The predicted octanol–water partition coefficient (Wildman–Crippen LogP) is 6.66. The first kappa shape index (κ1) is 31.4. The first-order valence-electron chi connectivity index (χ1n) is 13.0. The van der Waals surface area contributed by atoms with Gasteiger partial charge in [-0.15, -0.1) is 0 Å². The molecule has 0 aromatic rings. The molecule has 0 amide bonds. The third kappa shape index (κ3) is 6.80. The summed E-state index contributed by atoms with van der Waals surface area (Å²) >= 11 is 0. The van der Waals surface area contributed by atoms with E-state index in [4.69, 9.17) is 26.6 Å². The van der Waals surface area contributed by atoms with Crippen LogP contribution in [-0.4, -0.2) is 61.2 Å². The van der Waals surface area contributed by atoms with Gasteiger partial charge in [-0.05, 0) is 78.9 Å². The molecule has 1 heterocycles. The highest BCUT2D eigenvalue weighted by molar-refractivity contribution is 6.97. The molecule has 3 atom stereocenters. The third-order valence-electron chi connectivity index (χ3n) is 6.50. The molecule has 1 rings (SSSR count). The van der Waals surface area contributed by atoms with E-state index in [1.54, 1.807) is 0 Å². The molecule has 6 nitrogen and oxygen atoms in total. The van der Waals surface area contributed by atoms with Crippen LogP contribution < -0.4 is 0 Å². The van der Waals surface area contributed by atoms with Gasteiger partial charge in [0.25, 0.3) is 0 Å². The van der Waals surface area contributed by atoms with Gasteiger partial charge < -0.3 is 26.6 Å². The summed E-state index contributed by atoms with van der Waals surface area (Å²) in [5.74, 6) is 0. The number of hydrogen-bond acceptors (Lipinski definition) is 6. The number of hydrogen-bond donors (Lipinski definition) is 0. The molecule has 0 saturated carbocycles. The molecule has 0 aromatic heterocycles. The molecular formula is C24H54O6Si3. The minimum Gasteiger partial charge on any atom is -0.412 e. The highest BCUT2D eigenvalue weighted by atomic mass is 28.5. The van der Waals surface area contributed by atoms with Crippen LogP contribution in [0.4, 0.5) is 0 Å². The van der Waals surface area contributed by atoms with Crippen molar-refractivity contribution in [2.75, 3.05) is 0 Å². The zero-order chi connectivity index (χ0) is 25.9. The molecule has 9 heteroatoms. The second-order valence-corrected chi connectivity index (χ2v) is 24.1. The Hall–Kier alpha value is 0.411. The maximum Gasteiger partial charge on any atom is 0.353 e. The van der Waals surface area contributed by atoms with Crippen molar-refractivity contribution in [3.8, 4) is 0 Å². The lowest BCUT2D eigenvalue weighted by atomic mass is 10.5. The second kappa shape index (κ2) is 12.1. The third-order valence-corrected chi connectivity index (χ3v) is 22.8. The lowest BCUT2D eigenvalue weighted by Gasteiger charge is -2.60. The summed E-state index contributed by atoms with van der Waals surface area (Å²) in [6.45, 7) is 32.2. The van der Waals surface area contributed by atoms with Crippen molar-refractivity contribution in [3.63, 3.8) is 0 Å². The summed E-state index contributed by atoms with van der Waals surface area (Å²) in [6, 6.07) is 0. The Kier molecular flexibility index (Phi) is 11.5. The summed E-state index contributed by atoms with van der Waals surface area (Å²) in [6.07, 6.45) is 0.242. The molecule has 0 aromatic carbocycles. The van der Waals surface area contributed by atoms with E-state index in [-0.39, 0.29) is 52.1 Å². The topological polar surface area (TPSA) is 55.4 Å². The molecule has 1 saturated heterocycles. The Morgan fingerprint density at radius 1 is 0.364 bits per heavy atom. The zero-order valence-electron chi connectivity index (χ0n) is 24.1.